The minimum Gasteiger partial charge on any atom is -0.352 e. The molecule has 3 rings (SSSR count). The number of hydrogen-bond acceptors (Lipinski definition) is 6. The summed E-state index contributed by atoms with van der Waals surface area (Å²) in [5.74, 6) is 0.668. The van der Waals surface area contributed by atoms with E-state index in [1.54, 1.807) is 4.57 Å². The number of nitrogens with one attached hydrogen (secondary N) is 1. The first-order valence-corrected chi connectivity index (χ1v) is 13.6. The Morgan fingerprint density at radius 2 is 1.94 bits per heavy atom. The highest BCUT2D eigenvalue weighted by Crippen LogP contribution is 2.25. The number of anilines is 1. The first-order valence-electron chi connectivity index (χ1n) is 10.8. The Hall–Kier alpha value is -2.14. The second kappa shape index (κ2) is 10.7. The number of amides is 1. The second-order valence-electron chi connectivity index (χ2n) is 8.11. The maximum absolute atomic E-state index is 13.3. The monoisotopic (exact) mass is 483 g/mol. The van der Waals surface area contributed by atoms with E-state index >= 15 is 0 Å². The van der Waals surface area contributed by atoms with E-state index in [0.29, 0.717) is 29.1 Å². The Bertz CT molecular complexity index is 1030. The zero-order valence-corrected chi connectivity index (χ0v) is 20.3. The van der Waals surface area contributed by atoms with Gasteiger partial charge < -0.3 is 9.88 Å². The van der Waals surface area contributed by atoms with Crippen molar-refractivity contribution in [2.45, 2.75) is 63.8 Å². The molecule has 11 heteroatoms. The Kier molecular flexibility index (Phi) is 8.16. The number of carbonyl (C=O) groups is 1. The summed E-state index contributed by atoms with van der Waals surface area (Å²) in [5.41, 5.74) is 0.342. The molecule has 8 nitrogen and oxygen atoms in total. The molecule has 176 valence electrons. The molecule has 1 aliphatic rings. The van der Waals surface area contributed by atoms with Gasteiger partial charge in [0.05, 0.1) is 24.2 Å². The van der Waals surface area contributed by atoms with Crippen LogP contribution in [-0.2, 0) is 27.9 Å². The van der Waals surface area contributed by atoms with Crippen LogP contribution in [0.4, 0.5) is 10.1 Å². The predicted molar refractivity (Wildman–Crippen MR) is 123 cm³/mol. The van der Waals surface area contributed by atoms with Gasteiger partial charge in [0.2, 0.25) is 15.9 Å². The smallest absolute Gasteiger partial charge is 0.232 e. The number of thioether (sulfide) groups is 1. The van der Waals surface area contributed by atoms with Gasteiger partial charge in [-0.1, -0.05) is 31.5 Å². The molecule has 0 bridgehead atoms. The van der Waals surface area contributed by atoms with Crippen molar-refractivity contribution < 1.29 is 17.6 Å². The normalized spacial score (nSPS) is 19.0. The summed E-state index contributed by atoms with van der Waals surface area (Å²) in [4.78, 5) is 12.5. The third-order valence-corrected chi connectivity index (χ3v) is 7.81. The summed E-state index contributed by atoms with van der Waals surface area (Å²) in [7, 11) is -3.63. The van der Waals surface area contributed by atoms with E-state index in [1.165, 1.54) is 42.4 Å². The Morgan fingerprint density at radius 3 is 2.56 bits per heavy atom. The maximum atomic E-state index is 13.3. The lowest BCUT2D eigenvalue weighted by Crippen LogP contribution is -2.41. The first-order chi connectivity index (χ1) is 15.2. The summed E-state index contributed by atoms with van der Waals surface area (Å²) in [6.07, 6.45) is 5.59. The number of aromatic nitrogens is 3. The van der Waals surface area contributed by atoms with E-state index in [1.807, 2.05) is 6.92 Å². The highest BCUT2D eigenvalue weighted by molar-refractivity contribution is 7.99. The molecule has 0 unspecified atom stereocenters. The van der Waals surface area contributed by atoms with Crippen molar-refractivity contribution in [3.8, 4) is 0 Å². The Labute approximate surface area is 193 Å². The van der Waals surface area contributed by atoms with E-state index in [-0.39, 0.29) is 24.2 Å². The zero-order valence-electron chi connectivity index (χ0n) is 18.6. The fourth-order valence-corrected chi connectivity index (χ4v) is 5.59. The summed E-state index contributed by atoms with van der Waals surface area (Å²) >= 11 is 1.28. The quantitative estimate of drug-likeness (QED) is 0.550. The topological polar surface area (TPSA) is 97.2 Å². The molecular formula is C21H30FN5O3S2. The Morgan fingerprint density at radius 1 is 1.25 bits per heavy atom. The molecule has 1 N–H and O–H groups in total. The molecule has 0 aliphatic heterocycles. The molecule has 1 saturated carbocycles. The van der Waals surface area contributed by atoms with E-state index in [4.69, 9.17) is 0 Å². The largest absolute Gasteiger partial charge is 0.352 e. The predicted octanol–water partition coefficient (Wildman–Crippen LogP) is 3.19. The molecule has 1 aromatic carbocycles. The third-order valence-electron chi connectivity index (χ3n) is 5.70. The molecule has 2 atom stereocenters. The van der Waals surface area contributed by atoms with Gasteiger partial charge in [0.1, 0.15) is 5.82 Å². The van der Waals surface area contributed by atoms with Crippen LogP contribution in [0.25, 0.3) is 0 Å². The molecule has 1 aromatic heterocycles. The molecule has 1 fully saturated rings. The number of hydrogen-bond donors (Lipinski definition) is 1. The second-order valence-corrected chi connectivity index (χ2v) is 11.0. The number of halogens is 1. The lowest BCUT2D eigenvalue weighted by atomic mass is 9.86. The van der Waals surface area contributed by atoms with Gasteiger partial charge in [-0.3, -0.25) is 9.10 Å². The lowest BCUT2D eigenvalue weighted by molar-refractivity contribution is -0.119. The first kappa shape index (κ1) is 24.5. The summed E-state index contributed by atoms with van der Waals surface area (Å²) in [5, 5.41) is 12.0. The van der Waals surface area contributed by atoms with E-state index in [0.717, 1.165) is 29.8 Å². The number of nitrogens with zero attached hydrogens (tertiary/aromatic N) is 4. The van der Waals surface area contributed by atoms with E-state index in [2.05, 4.69) is 22.4 Å². The fourth-order valence-electron chi connectivity index (χ4n) is 3.91. The van der Waals surface area contributed by atoms with Gasteiger partial charge in [0.25, 0.3) is 0 Å². The van der Waals surface area contributed by atoms with Crippen LogP contribution in [0.2, 0.25) is 0 Å². The lowest BCUT2D eigenvalue weighted by Gasteiger charge is -2.29. The number of carbonyl (C=O) groups excluding carboxylic acids is 1. The molecule has 1 aliphatic carbocycles. The number of rotatable bonds is 9. The maximum Gasteiger partial charge on any atom is 0.232 e. The van der Waals surface area contributed by atoms with Gasteiger partial charge in [-0.2, -0.15) is 0 Å². The summed E-state index contributed by atoms with van der Waals surface area (Å²) < 4.78 is 41.0. The van der Waals surface area contributed by atoms with Crippen molar-refractivity contribution in [1.29, 1.82) is 0 Å². The van der Waals surface area contributed by atoms with Gasteiger partial charge in [0.15, 0.2) is 11.0 Å². The van der Waals surface area contributed by atoms with Crippen LogP contribution in [0.5, 0.6) is 0 Å². The van der Waals surface area contributed by atoms with Crippen molar-refractivity contribution in [1.82, 2.24) is 20.1 Å². The average molecular weight is 484 g/mol. The minimum atomic E-state index is -3.63. The van der Waals surface area contributed by atoms with Gasteiger partial charge in [-0.15, -0.1) is 10.2 Å². The third kappa shape index (κ3) is 6.22. The van der Waals surface area contributed by atoms with Crippen LogP contribution < -0.4 is 9.62 Å². The van der Waals surface area contributed by atoms with Gasteiger partial charge in [0, 0.05) is 12.6 Å². The van der Waals surface area contributed by atoms with Crippen molar-refractivity contribution in [3.63, 3.8) is 0 Å². The molecular weight excluding hydrogens is 453 g/mol. The number of sulfonamides is 1. The highest BCUT2D eigenvalue weighted by Gasteiger charge is 2.24. The van der Waals surface area contributed by atoms with Gasteiger partial charge in [-0.05, 0) is 49.9 Å². The minimum absolute atomic E-state index is 0.0370. The molecule has 2 aromatic rings. The van der Waals surface area contributed by atoms with Crippen molar-refractivity contribution in [3.05, 3.63) is 35.9 Å². The van der Waals surface area contributed by atoms with Gasteiger partial charge >= 0.3 is 0 Å². The fraction of sp³-hybridized carbons (Fsp3) is 0.571. The van der Waals surface area contributed by atoms with E-state index < -0.39 is 15.8 Å². The Balaban J connectivity index is 1.69. The standard InChI is InChI=1S/C21H30FN5O3S2/c1-4-26-19(13-27(32(3,29)30)17-11-9-16(22)10-12-17)24-25-21(26)31-14-20(28)23-18-8-6-5-7-15(18)2/h9-12,15,18H,4-8,13-14H2,1-3H3,(H,23,28)/t15-,18+/m1/s1. The SMILES string of the molecule is CCn1c(CN(c2ccc(F)cc2)S(C)(=O)=O)nnc1SCC(=O)N[C@H]1CCCC[C@H]1C. The molecule has 1 heterocycles. The van der Waals surface area contributed by atoms with Crippen LogP contribution in [0.1, 0.15) is 45.4 Å². The van der Waals surface area contributed by atoms with Gasteiger partial charge in [-0.25, -0.2) is 12.8 Å². The van der Waals surface area contributed by atoms with Crippen LogP contribution in [0.15, 0.2) is 29.4 Å². The van der Waals surface area contributed by atoms with Crippen LogP contribution in [-0.4, -0.2) is 47.1 Å². The molecule has 32 heavy (non-hydrogen) atoms. The van der Waals surface area contributed by atoms with Crippen molar-refractivity contribution >= 4 is 33.4 Å². The summed E-state index contributed by atoms with van der Waals surface area (Å²) in [6, 6.07) is 5.47. The van der Waals surface area contributed by atoms with Crippen molar-refractivity contribution in [2.75, 3.05) is 16.3 Å². The van der Waals surface area contributed by atoms with E-state index in [9.17, 15) is 17.6 Å². The highest BCUT2D eigenvalue weighted by atomic mass is 32.2. The van der Waals surface area contributed by atoms with Crippen LogP contribution in [0, 0.1) is 11.7 Å². The number of benzene rings is 1. The molecule has 0 spiro atoms. The molecule has 0 saturated heterocycles. The average Bonchev–Trinajstić information content (AvgIpc) is 3.14. The van der Waals surface area contributed by atoms with Crippen LogP contribution >= 0.6 is 11.8 Å². The summed E-state index contributed by atoms with van der Waals surface area (Å²) in [6.45, 7) is 4.56. The van der Waals surface area contributed by atoms with Crippen molar-refractivity contribution in [2.24, 2.45) is 5.92 Å². The molecule has 0 radical (unpaired) electrons. The zero-order chi connectivity index (χ0) is 23.3. The molecule has 1 amide bonds. The van der Waals surface area contributed by atoms with Crippen LogP contribution in [0.3, 0.4) is 0 Å².